The van der Waals surface area contributed by atoms with E-state index in [0.29, 0.717) is 34.8 Å². The van der Waals surface area contributed by atoms with Crippen molar-refractivity contribution in [3.05, 3.63) is 95.2 Å². The molecule has 1 aromatic heterocycles. The Morgan fingerprint density at radius 2 is 1.42 bits per heavy atom. The number of rotatable bonds is 8. The fourth-order valence-electron chi connectivity index (χ4n) is 3.26. The van der Waals surface area contributed by atoms with Gasteiger partial charge in [-0.1, -0.05) is 24.3 Å². The average Bonchev–Trinajstić information content (AvgIpc) is 3.18. The summed E-state index contributed by atoms with van der Waals surface area (Å²) in [5.41, 5.74) is 1.99. The summed E-state index contributed by atoms with van der Waals surface area (Å²) in [6, 6.07) is 17.3. The standard InChI is InChI=1S/C25H19F3O5/c26-25(27,28)19-5-1-16(2-6-19)13-31-20-7-3-17(4-8-20)14-32-21-9-10-22-18(11-24(29)30)15-33-23(22)12-21/h1-10,12,15H,11,13-14H2,(H,29,30). The number of carboxylic acid groups (broad SMARTS) is 1. The third kappa shape index (κ3) is 5.65. The van der Waals surface area contributed by atoms with Gasteiger partial charge in [0.15, 0.2) is 0 Å². The number of halogens is 3. The van der Waals surface area contributed by atoms with Gasteiger partial charge in [-0.05, 0) is 47.5 Å². The van der Waals surface area contributed by atoms with Crippen molar-refractivity contribution in [2.45, 2.75) is 25.8 Å². The third-order valence-electron chi connectivity index (χ3n) is 4.98. The summed E-state index contributed by atoms with van der Waals surface area (Å²) in [7, 11) is 0. The normalized spacial score (nSPS) is 11.5. The molecule has 0 atom stereocenters. The van der Waals surface area contributed by atoms with Crippen molar-refractivity contribution in [1.82, 2.24) is 0 Å². The van der Waals surface area contributed by atoms with Crippen LogP contribution in [-0.2, 0) is 30.6 Å². The maximum Gasteiger partial charge on any atom is 0.416 e. The van der Waals surface area contributed by atoms with Crippen LogP contribution in [0.2, 0.25) is 0 Å². The number of alkyl halides is 3. The number of fused-ring (bicyclic) bond motifs is 1. The van der Waals surface area contributed by atoms with Crippen molar-refractivity contribution in [3.8, 4) is 11.5 Å². The summed E-state index contributed by atoms with van der Waals surface area (Å²) >= 11 is 0. The predicted octanol–water partition coefficient (Wildman–Crippen LogP) is 6.24. The molecule has 1 heterocycles. The Morgan fingerprint density at radius 1 is 0.848 bits per heavy atom. The molecule has 0 aliphatic carbocycles. The van der Waals surface area contributed by atoms with Crippen LogP contribution in [0.5, 0.6) is 11.5 Å². The van der Waals surface area contributed by atoms with E-state index in [2.05, 4.69) is 0 Å². The molecule has 0 amide bonds. The molecule has 5 nitrogen and oxygen atoms in total. The Morgan fingerprint density at radius 3 is 2.03 bits per heavy atom. The van der Waals surface area contributed by atoms with Crippen molar-refractivity contribution in [2.75, 3.05) is 0 Å². The van der Waals surface area contributed by atoms with E-state index in [1.165, 1.54) is 18.4 Å². The number of benzene rings is 3. The van der Waals surface area contributed by atoms with Crippen LogP contribution in [-0.4, -0.2) is 11.1 Å². The van der Waals surface area contributed by atoms with Crippen LogP contribution < -0.4 is 9.47 Å². The highest BCUT2D eigenvalue weighted by Gasteiger charge is 2.29. The molecule has 170 valence electrons. The van der Waals surface area contributed by atoms with Gasteiger partial charge in [-0.25, -0.2) is 0 Å². The lowest BCUT2D eigenvalue weighted by atomic mass is 10.1. The molecule has 0 saturated heterocycles. The monoisotopic (exact) mass is 456 g/mol. The lowest BCUT2D eigenvalue weighted by Crippen LogP contribution is -2.05. The average molecular weight is 456 g/mol. The zero-order valence-electron chi connectivity index (χ0n) is 17.3. The number of carboxylic acids is 1. The second-order valence-electron chi connectivity index (χ2n) is 7.41. The number of furan rings is 1. The summed E-state index contributed by atoms with van der Waals surface area (Å²) in [6.07, 6.45) is -3.03. The zero-order chi connectivity index (χ0) is 23.4. The minimum Gasteiger partial charge on any atom is -0.489 e. The summed E-state index contributed by atoms with van der Waals surface area (Å²) in [5, 5.41) is 9.68. The summed E-state index contributed by atoms with van der Waals surface area (Å²) < 4.78 is 54.7. The number of hydrogen-bond donors (Lipinski definition) is 1. The first-order valence-electron chi connectivity index (χ1n) is 10.0. The molecule has 0 radical (unpaired) electrons. The molecular formula is C25H19F3O5. The SMILES string of the molecule is O=C(O)Cc1coc2cc(OCc3ccc(OCc4ccc(C(F)(F)F)cc4)cc3)ccc12. The van der Waals surface area contributed by atoms with E-state index in [1.807, 2.05) is 12.1 Å². The third-order valence-corrected chi connectivity index (χ3v) is 4.98. The molecular weight excluding hydrogens is 437 g/mol. The molecule has 33 heavy (non-hydrogen) atoms. The Labute approximate surface area is 187 Å². The maximum absolute atomic E-state index is 12.6. The zero-order valence-corrected chi connectivity index (χ0v) is 17.3. The second-order valence-corrected chi connectivity index (χ2v) is 7.41. The van der Waals surface area contributed by atoms with Crippen molar-refractivity contribution in [3.63, 3.8) is 0 Å². The summed E-state index contributed by atoms with van der Waals surface area (Å²) in [6.45, 7) is 0.453. The number of aliphatic carboxylic acids is 1. The van der Waals surface area contributed by atoms with Crippen molar-refractivity contribution in [1.29, 1.82) is 0 Å². The topological polar surface area (TPSA) is 68.9 Å². The van der Waals surface area contributed by atoms with Gasteiger partial charge in [0.25, 0.3) is 0 Å². The van der Waals surface area contributed by atoms with Crippen molar-refractivity contribution >= 4 is 16.9 Å². The first-order valence-corrected chi connectivity index (χ1v) is 10.0. The molecule has 0 spiro atoms. The molecule has 0 fully saturated rings. The Bertz CT molecular complexity index is 1240. The van der Waals surface area contributed by atoms with E-state index in [9.17, 15) is 18.0 Å². The van der Waals surface area contributed by atoms with E-state index in [0.717, 1.165) is 23.1 Å². The Hall–Kier alpha value is -3.94. The van der Waals surface area contributed by atoms with Crippen LogP contribution in [0.1, 0.15) is 22.3 Å². The molecule has 0 aliphatic rings. The van der Waals surface area contributed by atoms with Crippen LogP contribution in [0.25, 0.3) is 11.0 Å². The maximum atomic E-state index is 12.6. The molecule has 0 unspecified atom stereocenters. The predicted molar refractivity (Wildman–Crippen MR) is 114 cm³/mol. The molecule has 4 rings (SSSR count). The van der Waals surface area contributed by atoms with E-state index in [1.54, 1.807) is 30.3 Å². The number of carbonyl (C=O) groups is 1. The minimum atomic E-state index is -4.36. The van der Waals surface area contributed by atoms with Gasteiger partial charge in [-0.3, -0.25) is 4.79 Å². The van der Waals surface area contributed by atoms with Gasteiger partial charge in [-0.15, -0.1) is 0 Å². The lowest BCUT2D eigenvalue weighted by Gasteiger charge is -2.10. The van der Waals surface area contributed by atoms with E-state index < -0.39 is 17.7 Å². The van der Waals surface area contributed by atoms with Crippen LogP contribution in [0.4, 0.5) is 13.2 Å². The van der Waals surface area contributed by atoms with Crippen LogP contribution >= 0.6 is 0 Å². The van der Waals surface area contributed by atoms with E-state index >= 15 is 0 Å². The van der Waals surface area contributed by atoms with Crippen molar-refractivity contribution < 1.29 is 37.0 Å². The Kier molecular flexibility index (Phi) is 6.26. The smallest absolute Gasteiger partial charge is 0.416 e. The molecule has 3 aromatic carbocycles. The van der Waals surface area contributed by atoms with Crippen LogP contribution in [0.15, 0.2) is 77.4 Å². The molecule has 0 bridgehead atoms. The first kappa shape index (κ1) is 22.3. The highest BCUT2D eigenvalue weighted by atomic mass is 19.4. The van der Waals surface area contributed by atoms with E-state index in [4.69, 9.17) is 19.0 Å². The fourth-order valence-corrected chi connectivity index (χ4v) is 3.26. The molecule has 8 heteroatoms. The van der Waals surface area contributed by atoms with Gasteiger partial charge in [0.1, 0.15) is 30.3 Å². The molecule has 0 saturated carbocycles. The lowest BCUT2D eigenvalue weighted by molar-refractivity contribution is -0.138. The highest BCUT2D eigenvalue weighted by Crippen LogP contribution is 2.29. The highest BCUT2D eigenvalue weighted by molar-refractivity contribution is 5.86. The molecule has 0 aliphatic heterocycles. The minimum absolute atomic E-state index is 0.111. The van der Waals surface area contributed by atoms with E-state index in [-0.39, 0.29) is 13.0 Å². The van der Waals surface area contributed by atoms with Gasteiger partial charge in [0, 0.05) is 17.0 Å². The largest absolute Gasteiger partial charge is 0.489 e. The van der Waals surface area contributed by atoms with Gasteiger partial charge in [0.2, 0.25) is 0 Å². The van der Waals surface area contributed by atoms with Gasteiger partial charge in [0.05, 0.1) is 18.2 Å². The number of ether oxygens (including phenoxy) is 2. The first-order chi connectivity index (χ1) is 15.8. The van der Waals surface area contributed by atoms with Crippen molar-refractivity contribution in [2.24, 2.45) is 0 Å². The fraction of sp³-hybridized carbons (Fsp3) is 0.160. The number of hydrogen-bond acceptors (Lipinski definition) is 4. The molecule has 1 N–H and O–H groups in total. The van der Waals surface area contributed by atoms with Crippen LogP contribution in [0, 0.1) is 0 Å². The Balaban J connectivity index is 1.31. The van der Waals surface area contributed by atoms with Gasteiger partial charge < -0.3 is 19.0 Å². The van der Waals surface area contributed by atoms with Gasteiger partial charge >= 0.3 is 12.1 Å². The molecule has 4 aromatic rings. The quantitative estimate of drug-likeness (QED) is 0.340. The van der Waals surface area contributed by atoms with Crippen LogP contribution in [0.3, 0.4) is 0 Å². The summed E-state index contributed by atoms with van der Waals surface area (Å²) in [4.78, 5) is 10.9. The van der Waals surface area contributed by atoms with Gasteiger partial charge in [-0.2, -0.15) is 13.2 Å². The second kappa shape index (κ2) is 9.28. The summed E-state index contributed by atoms with van der Waals surface area (Å²) in [5.74, 6) is 0.243.